The zero-order valence-corrected chi connectivity index (χ0v) is 10.2. The SMILES string of the molecule is Nc1ncc(C(O)c2ccc(C3CC3)cc2)s1. The van der Waals surface area contributed by atoms with E-state index in [9.17, 15) is 5.11 Å². The van der Waals surface area contributed by atoms with E-state index in [-0.39, 0.29) is 0 Å². The number of rotatable bonds is 3. The number of aromatic nitrogens is 1. The molecule has 1 unspecified atom stereocenters. The molecule has 3 N–H and O–H groups in total. The highest BCUT2D eigenvalue weighted by Gasteiger charge is 2.23. The summed E-state index contributed by atoms with van der Waals surface area (Å²) in [7, 11) is 0. The van der Waals surface area contributed by atoms with Gasteiger partial charge in [0.15, 0.2) is 5.13 Å². The molecule has 0 radical (unpaired) electrons. The molecule has 1 saturated carbocycles. The number of nitrogens with zero attached hydrogens (tertiary/aromatic N) is 1. The van der Waals surface area contributed by atoms with Gasteiger partial charge < -0.3 is 10.8 Å². The largest absolute Gasteiger partial charge is 0.383 e. The third-order valence-corrected chi connectivity index (χ3v) is 3.99. The van der Waals surface area contributed by atoms with Gasteiger partial charge in [0.25, 0.3) is 0 Å². The molecule has 1 atom stereocenters. The lowest BCUT2D eigenvalue weighted by atomic mass is 10.0. The number of anilines is 1. The van der Waals surface area contributed by atoms with Gasteiger partial charge in [0.05, 0.1) is 4.88 Å². The van der Waals surface area contributed by atoms with Gasteiger partial charge >= 0.3 is 0 Å². The van der Waals surface area contributed by atoms with E-state index in [4.69, 9.17) is 5.73 Å². The molecule has 2 aromatic rings. The molecule has 0 aliphatic heterocycles. The van der Waals surface area contributed by atoms with Crippen molar-refractivity contribution in [2.45, 2.75) is 24.9 Å². The van der Waals surface area contributed by atoms with Crippen LogP contribution in [0.2, 0.25) is 0 Å². The number of thiazole rings is 1. The summed E-state index contributed by atoms with van der Waals surface area (Å²) in [6.07, 6.45) is 3.62. The number of aliphatic hydroxyl groups is 1. The minimum absolute atomic E-state index is 0.494. The normalized spacial score (nSPS) is 17.0. The molecule has 1 aromatic heterocycles. The van der Waals surface area contributed by atoms with Crippen molar-refractivity contribution >= 4 is 16.5 Å². The molecule has 88 valence electrons. The van der Waals surface area contributed by atoms with Crippen LogP contribution in [0.15, 0.2) is 30.5 Å². The van der Waals surface area contributed by atoms with Gasteiger partial charge in [-0.15, -0.1) is 0 Å². The molecule has 3 rings (SSSR count). The average Bonchev–Trinajstić information content (AvgIpc) is 3.11. The third kappa shape index (κ3) is 2.18. The summed E-state index contributed by atoms with van der Waals surface area (Å²) < 4.78 is 0. The van der Waals surface area contributed by atoms with Crippen LogP contribution in [-0.4, -0.2) is 10.1 Å². The molecule has 1 fully saturated rings. The summed E-state index contributed by atoms with van der Waals surface area (Å²) in [6.45, 7) is 0. The lowest BCUT2D eigenvalue weighted by Gasteiger charge is -2.09. The summed E-state index contributed by atoms with van der Waals surface area (Å²) in [5.74, 6) is 0.750. The van der Waals surface area contributed by atoms with Gasteiger partial charge in [-0.1, -0.05) is 35.6 Å². The number of benzene rings is 1. The molecule has 0 amide bonds. The van der Waals surface area contributed by atoms with Crippen LogP contribution in [0.5, 0.6) is 0 Å². The van der Waals surface area contributed by atoms with Gasteiger partial charge in [-0.2, -0.15) is 0 Å². The maximum atomic E-state index is 10.2. The van der Waals surface area contributed by atoms with Crippen LogP contribution < -0.4 is 5.73 Å². The second kappa shape index (κ2) is 4.13. The minimum Gasteiger partial charge on any atom is -0.383 e. The molecule has 1 aliphatic rings. The predicted octanol–water partition coefficient (Wildman–Crippen LogP) is 2.68. The zero-order valence-electron chi connectivity index (χ0n) is 9.34. The van der Waals surface area contributed by atoms with Crippen molar-refractivity contribution < 1.29 is 5.11 Å². The van der Waals surface area contributed by atoms with Crippen LogP contribution >= 0.6 is 11.3 Å². The molecule has 1 aromatic carbocycles. The lowest BCUT2D eigenvalue weighted by molar-refractivity contribution is 0.224. The highest BCUT2D eigenvalue weighted by molar-refractivity contribution is 7.15. The number of nitrogen functional groups attached to an aromatic ring is 1. The maximum absolute atomic E-state index is 10.2. The smallest absolute Gasteiger partial charge is 0.180 e. The Morgan fingerprint density at radius 3 is 2.53 bits per heavy atom. The number of nitrogens with two attached hydrogens (primary N) is 1. The Hall–Kier alpha value is -1.39. The fourth-order valence-corrected chi connectivity index (χ4v) is 2.66. The first-order chi connectivity index (χ1) is 8.24. The van der Waals surface area contributed by atoms with Crippen LogP contribution in [0.4, 0.5) is 5.13 Å². The molecule has 3 nitrogen and oxygen atoms in total. The van der Waals surface area contributed by atoms with Gasteiger partial charge in [0, 0.05) is 6.20 Å². The Balaban J connectivity index is 1.83. The third-order valence-electron chi connectivity index (χ3n) is 3.11. The van der Waals surface area contributed by atoms with E-state index in [0.29, 0.717) is 5.13 Å². The Morgan fingerprint density at radius 1 is 1.29 bits per heavy atom. The van der Waals surface area contributed by atoms with Gasteiger partial charge in [-0.25, -0.2) is 4.98 Å². The van der Waals surface area contributed by atoms with Crippen molar-refractivity contribution in [1.29, 1.82) is 0 Å². The Labute approximate surface area is 104 Å². The van der Waals surface area contributed by atoms with E-state index >= 15 is 0 Å². The zero-order chi connectivity index (χ0) is 11.8. The highest BCUT2D eigenvalue weighted by atomic mass is 32.1. The van der Waals surface area contributed by atoms with Crippen LogP contribution in [0, 0.1) is 0 Å². The van der Waals surface area contributed by atoms with Crippen LogP contribution in [0.3, 0.4) is 0 Å². The van der Waals surface area contributed by atoms with Crippen LogP contribution in [0.25, 0.3) is 0 Å². The molecule has 0 spiro atoms. The van der Waals surface area contributed by atoms with E-state index in [1.807, 2.05) is 12.1 Å². The standard InChI is InChI=1S/C13H14N2OS/c14-13-15-7-11(17-13)12(16)10-5-3-9(4-6-10)8-1-2-8/h3-8,12,16H,1-2H2,(H2,14,15). The predicted molar refractivity (Wildman–Crippen MR) is 69.0 cm³/mol. The number of hydrogen-bond acceptors (Lipinski definition) is 4. The molecule has 1 heterocycles. The Morgan fingerprint density at radius 2 is 2.00 bits per heavy atom. The van der Waals surface area contributed by atoms with Crippen molar-refractivity contribution in [2.24, 2.45) is 0 Å². The van der Waals surface area contributed by atoms with E-state index in [1.165, 1.54) is 29.7 Å². The van der Waals surface area contributed by atoms with Crippen LogP contribution in [-0.2, 0) is 0 Å². The first-order valence-corrected chi connectivity index (χ1v) is 6.55. The van der Waals surface area contributed by atoms with Gasteiger partial charge in [0.1, 0.15) is 6.10 Å². The number of hydrogen-bond donors (Lipinski definition) is 2. The summed E-state index contributed by atoms with van der Waals surface area (Å²) in [5, 5.41) is 10.7. The Bertz CT molecular complexity index is 516. The molecule has 4 heteroatoms. The van der Waals surface area contributed by atoms with E-state index in [2.05, 4.69) is 17.1 Å². The van der Waals surface area contributed by atoms with E-state index in [1.54, 1.807) is 6.20 Å². The Kier molecular flexibility index (Phi) is 2.61. The van der Waals surface area contributed by atoms with Gasteiger partial charge in [-0.05, 0) is 29.9 Å². The van der Waals surface area contributed by atoms with Gasteiger partial charge in [0.2, 0.25) is 0 Å². The second-order valence-electron chi connectivity index (χ2n) is 4.44. The summed E-state index contributed by atoms with van der Waals surface area (Å²) in [4.78, 5) is 4.75. The van der Waals surface area contributed by atoms with E-state index < -0.39 is 6.10 Å². The van der Waals surface area contributed by atoms with Crippen molar-refractivity contribution in [3.8, 4) is 0 Å². The first kappa shape index (κ1) is 10.7. The van der Waals surface area contributed by atoms with Gasteiger partial charge in [-0.3, -0.25) is 0 Å². The monoisotopic (exact) mass is 246 g/mol. The summed E-state index contributed by atoms with van der Waals surface area (Å²) >= 11 is 1.33. The quantitative estimate of drug-likeness (QED) is 0.875. The van der Waals surface area contributed by atoms with Crippen molar-refractivity contribution in [1.82, 2.24) is 4.98 Å². The van der Waals surface area contributed by atoms with Crippen molar-refractivity contribution in [3.63, 3.8) is 0 Å². The molecule has 0 saturated heterocycles. The van der Waals surface area contributed by atoms with Crippen LogP contribution in [0.1, 0.15) is 40.9 Å². The maximum Gasteiger partial charge on any atom is 0.180 e. The fourth-order valence-electron chi connectivity index (χ4n) is 1.96. The summed E-state index contributed by atoms with van der Waals surface area (Å²) in [6, 6.07) is 8.21. The highest BCUT2D eigenvalue weighted by Crippen LogP contribution is 2.40. The molecule has 17 heavy (non-hydrogen) atoms. The molecular weight excluding hydrogens is 232 g/mol. The topological polar surface area (TPSA) is 59.1 Å². The second-order valence-corrected chi connectivity index (χ2v) is 5.54. The average molecular weight is 246 g/mol. The summed E-state index contributed by atoms with van der Waals surface area (Å²) in [5.41, 5.74) is 7.84. The van der Waals surface area contributed by atoms with E-state index in [0.717, 1.165) is 16.4 Å². The lowest BCUT2D eigenvalue weighted by Crippen LogP contribution is -1.97. The molecule has 1 aliphatic carbocycles. The molecular formula is C13H14N2OS. The number of aliphatic hydroxyl groups excluding tert-OH is 1. The fraction of sp³-hybridized carbons (Fsp3) is 0.308. The minimum atomic E-state index is -0.613. The molecule has 0 bridgehead atoms. The first-order valence-electron chi connectivity index (χ1n) is 5.73. The van der Waals surface area contributed by atoms with Crippen molar-refractivity contribution in [3.05, 3.63) is 46.5 Å². The van der Waals surface area contributed by atoms with Crippen molar-refractivity contribution in [2.75, 3.05) is 5.73 Å².